The molecule has 0 radical (unpaired) electrons. The molecule has 0 aliphatic carbocycles. The molecular formula is C22H22N4O3S. The van der Waals surface area contributed by atoms with Crippen molar-refractivity contribution < 1.29 is 14.3 Å². The molecule has 1 saturated heterocycles. The van der Waals surface area contributed by atoms with Crippen molar-refractivity contribution in [2.75, 3.05) is 23.9 Å². The van der Waals surface area contributed by atoms with Crippen LogP contribution >= 0.6 is 11.3 Å². The first-order valence-corrected chi connectivity index (χ1v) is 10.6. The number of aryl methyl sites for hydroxylation is 1. The fourth-order valence-corrected chi connectivity index (χ4v) is 4.27. The van der Waals surface area contributed by atoms with Crippen LogP contribution in [0.15, 0.2) is 54.6 Å². The van der Waals surface area contributed by atoms with Gasteiger partial charge in [0.25, 0.3) is 0 Å². The third-order valence-corrected chi connectivity index (χ3v) is 6.03. The number of amides is 2. The van der Waals surface area contributed by atoms with Crippen molar-refractivity contribution in [3.63, 3.8) is 0 Å². The quantitative estimate of drug-likeness (QED) is 0.628. The average Bonchev–Trinajstić information content (AvgIpc) is 3.39. The summed E-state index contributed by atoms with van der Waals surface area (Å²) in [6.07, 6.45) is 1.43. The number of nitrogens with zero attached hydrogens (tertiary/aromatic N) is 3. The Hall–Kier alpha value is -3.26. The monoisotopic (exact) mass is 422 g/mol. The van der Waals surface area contributed by atoms with Crippen LogP contribution in [0.2, 0.25) is 0 Å². The molecule has 2 heterocycles. The Labute approximate surface area is 178 Å². The molecule has 1 aliphatic heterocycles. The molecular weight excluding hydrogens is 400 g/mol. The molecule has 0 saturated carbocycles. The minimum absolute atomic E-state index is 0.0351. The van der Waals surface area contributed by atoms with Gasteiger partial charge in [0.15, 0.2) is 0 Å². The smallest absolute Gasteiger partial charge is 0.227 e. The number of aromatic nitrogens is 2. The summed E-state index contributed by atoms with van der Waals surface area (Å²) in [5.41, 5.74) is 1.95. The number of carbonyl (C=O) groups is 2. The van der Waals surface area contributed by atoms with Gasteiger partial charge in [-0.25, -0.2) is 0 Å². The highest BCUT2D eigenvalue weighted by Gasteiger charge is 2.34. The molecule has 0 unspecified atom stereocenters. The number of methoxy groups -OCH3 is 1. The second-order valence-electron chi connectivity index (χ2n) is 7.08. The number of carbonyl (C=O) groups excluding carboxylic acids is 2. The van der Waals surface area contributed by atoms with Crippen LogP contribution < -0.4 is 15.0 Å². The highest BCUT2D eigenvalue weighted by Crippen LogP contribution is 2.34. The van der Waals surface area contributed by atoms with Crippen molar-refractivity contribution >= 4 is 34.0 Å². The molecule has 30 heavy (non-hydrogen) atoms. The summed E-state index contributed by atoms with van der Waals surface area (Å²) in [6, 6.07) is 17.3. The van der Waals surface area contributed by atoms with E-state index in [1.807, 2.05) is 54.6 Å². The minimum atomic E-state index is -0.0936. The lowest BCUT2D eigenvalue weighted by Gasteiger charge is -2.16. The molecule has 1 aliphatic rings. The van der Waals surface area contributed by atoms with E-state index >= 15 is 0 Å². The van der Waals surface area contributed by atoms with Crippen molar-refractivity contribution in [3.05, 3.63) is 65.2 Å². The van der Waals surface area contributed by atoms with Gasteiger partial charge in [0.05, 0.1) is 7.11 Å². The van der Waals surface area contributed by atoms with Gasteiger partial charge in [-0.1, -0.05) is 41.7 Å². The van der Waals surface area contributed by atoms with Crippen molar-refractivity contribution in [2.45, 2.75) is 25.2 Å². The van der Waals surface area contributed by atoms with E-state index in [1.165, 1.54) is 11.3 Å². The van der Waals surface area contributed by atoms with Crippen molar-refractivity contribution in [3.8, 4) is 5.75 Å². The maximum Gasteiger partial charge on any atom is 0.227 e. The summed E-state index contributed by atoms with van der Waals surface area (Å²) in [7, 11) is 1.61. The van der Waals surface area contributed by atoms with E-state index in [2.05, 4.69) is 15.5 Å². The zero-order valence-corrected chi connectivity index (χ0v) is 17.4. The summed E-state index contributed by atoms with van der Waals surface area (Å²) >= 11 is 1.33. The van der Waals surface area contributed by atoms with Crippen LogP contribution in [0, 0.1) is 0 Å². The largest absolute Gasteiger partial charge is 0.497 e. The van der Waals surface area contributed by atoms with Gasteiger partial charge >= 0.3 is 0 Å². The molecule has 0 bridgehead atoms. The lowest BCUT2D eigenvalue weighted by atomic mass is 10.1. The summed E-state index contributed by atoms with van der Waals surface area (Å²) in [4.78, 5) is 26.5. The first-order valence-electron chi connectivity index (χ1n) is 9.74. The lowest BCUT2D eigenvalue weighted by molar-refractivity contribution is -0.117. The second-order valence-corrected chi connectivity index (χ2v) is 8.09. The minimum Gasteiger partial charge on any atom is -0.497 e. The van der Waals surface area contributed by atoms with E-state index in [0.717, 1.165) is 22.0 Å². The summed E-state index contributed by atoms with van der Waals surface area (Å²) in [5, 5.41) is 12.4. The zero-order valence-electron chi connectivity index (χ0n) is 16.6. The normalized spacial score (nSPS) is 16.0. The molecule has 1 fully saturated rings. The number of benzene rings is 2. The van der Waals surface area contributed by atoms with Crippen molar-refractivity contribution in [1.29, 1.82) is 0 Å². The van der Waals surface area contributed by atoms with Gasteiger partial charge in [-0.3, -0.25) is 9.59 Å². The Morgan fingerprint density at radius 2 is 1.93 bits per heavy atom. The van der Waals surface area contributed by atoms with Crippen LogP contribution in [0.4, 0.5) is 10.8 Å². The van der Waals surface area contributed by atoms with Gasteiger partial charge in [0.1, 0.15) is 10.8 Å². The Morgan fingerprint density at radius 1 is 1.17 bits per heavy atom. The van der Waals surface area contributed by atoms with Gasteiger partial charge in [0, 0.05) is 31.0 Å². The fourth-order valence-electron chi connectivity index (χ4n) is 3.42. The number of ether oxygens (including phenoxy) is 1. The van der Waals surface area contributed by atoms with Crippen LogP contribution in [0.3, 0.4) is 0 Å². The standard InChI is InChI=1S/C22H22N4O3S/c1-29-18-10-8-17(9-11-18)26-14-16(13-20(26)28)21-24-25-22(30-21)23-19(27)12-7-15-5-3-2-4-6-15/h2-6,8-11,16H,7,12-14H2,1H3,(H,23,25,27)/t16-/m1/s1. The van der Waals surface area contributed by atoms with E-state index < -0.39 is 0 Å². The molecule has 3 aromatic rings. The number of hydrogen-bond donors (Lipinski definition) is 1. The van der Waals surface area contributed by atoms with Gasteiger partial charge < -0.3 is 15.0 Å². The average molecular weight is 423 g/mol. The molecule has 154 valence electrons. The molecule has 1 atom stereocenters. The van der Waals surface area contributed by atoms with Gasteiger partial charge in [-0.05, 0) is 36.2 Å². The van der Waals surface area contributed by atoms with Crippen LogP contribution in [0.1, 0.15) is 29.3 Å². The predicted octanol–water partition coefficient (Wildman–Crippen LogP) is 3.64. The Bertz CT molecular complexity index is 1020. The van der Waals surface area contributed by atoms with Crippen molar-refractivity contribution in [1.82, 2.24) is 10.2 Å². The molecule has 1 aromatic heterocycles. The van der Waals surface area contributed by atoms with Crippen LogP contribution in [-0.2, 0) is 16.0 Å². The summed E-state index contributed by atoms with van der Waals surface area (Å²) in [5.74, 6) is 0.670. The van der Waals surface area contributed by atoms with Crippen LogP contribution in [0.5, 0.6) is 5.75 Å². The van der Waals surface area contributed by atoms with E-state index in [9.17, 15) is 9.59 Å². The van der Waals surface area contributed by atoms with Gasteiger partial charge in [-0.15, -0.1) is 10.2 Å². The lowest BCUT2D eigenvalue weighted by Crippen LogP contribution is -2.24. The van der Waals surface area contributed by atoms with E-state index in [0.29, 0.717) is 30.9 Å². The number of nitrogens with one attached hydrogen (secondary N) is 1. The second kappa shape index (κ2) is 9.04. The van der Waals surface area contributed by atoms with Gasteiger partial charge in [0.2, 0.25) is 16.9 Å². The fraction of sp³-hybridized carbons (Fsp3) is 0.273. The van der Waals surface area contributed by atoms with E-state index in [1.54, 1.807) is 12.0 Å². The third kappa shape index (κ3) is 4.65. The molecule has 8 heteroatoms. The molecule has 2 aromatic carbocycles. The van der Waals surface area contributed by atoms with E-state index in [-0.39, 0.29) is 17.7 Å². The highest BCUT2D eigenvalue weighted by atomic mass is 32.1. The number of rotatable bonds is 7. The highest BCUT2D eigenvalue weighted by molar-refractivity contribution is 7.15. The Balaban J connectivity index is 1.34. The van der Waals surface area contributed by atoms with E-state index in [4.69, 9.17) is 4.74 Å². The van der Waals surface area contributed by atoms with Crippen LogP contribution in [-0.4, -0.2) is 35.7 Å². The molecule has 4 rings (SSSR count). The van der Waals surface area contributed by atoms with Crippen molar-refractivity contribution in [2.24, 2.45) is 0 Å². The molecule has 2 amide bonds. The summed E-state index contributed by atoms with van der Waals surface area (Å²) < 4.78 is 5.17. The topological polar surface area (TPSA) is 84.4 Å². The predicted molar refractivity (Wildman–Crippen MR) is 116 cm³/mol. The summed E-state index contributed by atoms with van der Waals surface area (Å²) in [6.45, 7) is 0.543. The zero-order chi connectivity index (χ0) is 20.9. The first-order chi connectivity index (χ1) is 14.6. The number of anilines is 2. The SMILES string of the molecule is COc1ccc(N2C[C@H](c3nnc(NC(=O)CCc4ccccc4)s3)CC2=O)cc1. The Kier molecular flexibility index (Phi) is 6.04. The first kappa shape index (κ1) is 20.0. The molecule has 0 spiro atoms. The Morgan fingerprint density at radius 3 is 2.67 bits per heavy atom. The molecule has 1 N–H and O–H groups in total. The van der Waals surface area contributed by atoms with Gasteiger partial charge in [-0.2, -0.15) is 0 Å². The third-order valence-electron chi connectivity index (χ3n) is 5.03. The maximum absolute atomic E-state index is 12.5. The number of hydrogen-bond acceptors (Lipinski definition) is 6. The molecule has 7 nitrogen and oxygen atoms in total. The van der Waals surface area contributed by atoms with Crippen LogP contribution in [0.25, 0.3) is 0 Å². The maximum atomic E-state index is 12.5.